The number of thioether (sulfide) groups is 1. The number of hydrogen-bond donors (Lipinski definition) is 1. The van der Waals surface area contributed by atoms with E-state index in [1.165, 1.54) is 6.26 Å². The summed E-state index contributed by atoms with van der Waals surface area (Å²) in [5.41, 5.74) is -0.657. The summed E-state index contributed by atoms with van der Waals surface area (Å²) in [6, 6.07) is 0.422. The van der Waals surface area contributed by atoms with Crippen molar-refractivity contribution in [3.63, 3.8) is 0 Å². The van der Waals surface area contributed by atoms with Gasteiger partial charge >= 0.3 is 5.97 Å². The molecule has 0 radical (unpaired) electrons. The molecule has 1 rings (SSSR count). The van der Waals surface area contributed by atoms with Gasteiger partial charge in [-0.2, -0.15) is 11.8 Å². The monoisotopic (exact) mass is 323 g/mol. The lowest BCUT2D eigenvalue weighted by molar-refractivity contribution is -0.150. The summed E-state index contributed by atoms with van der Waals surface area (Å²) in [6.45, 7) is 4.05. The maximum atomic E-state index is 12.1. The molecule has 1 fully saturated rings. The Balaban J connectivity index is 2.38. The van der Waals surface area contributed by atoms with Gasteiger partial charge in [-0.05, 0) is 38.9 Å². The number of nitrogens with one attached hydrogen (secondary N) is 1. The standard InChI is InChI=1S/C13H25NO4S2/c1-4-18-12(15)13(2,14-11-5-6-11)7-8-19-9-10-20(3,16)17/h11,14H,4-10H2,1-3H3. The van der Waals surface area contributed by atoms with Crippen LogP contribution in [0.5, 0.6) is 0 Å². The highest BCUT2D eigenvalue weighted by molar-refractivity contribution is 8.00. The molecule has 5 nitrogen and oxygen atoms in total. The Labute approximate surface area is 126 Å². The first kappa shape index (κ1) is 17.8. The maximum Gasteiger partial charge on any atom is 0.326 e. The second-order valence-corrected chi connectivity index (χ2v) is 8.95. The minimum absolute atomic E-state index is 0.184. The summed E-state index contributed by atoms with van der Waals surface area (Å²) < 4.78 is 27.2. The lowest BCUT2D eigenvalue weighted by atomic mass is 9.99. The molecule has 1 aliphatic rings. The Kier molecular flexibility index (Phi) is 6.81. The molecule has 0 heterocycles. The van der Waals surface area contributed by atoms with Crippen molar-refractivity contribution in [3.05, 3.63) is 0 Å². The van der Waals surface area contributed by atoms with Gasteiger partial charge in [0.2, 0.25) is 0 Å². The molecule has 0 spiro atoms. The summed E-state index contributed by atoms with van der Waals surface area (Å²) in [4.78, 5) is 12.1. The van der Waals surface area contributed by atoms with E-state index in [-0.39, 0.29) is 11.7 Å². The van der Waals surface area contributed by atoms with Crippen LogP contribution in [0.15, 0.2) is 0 Å². The van der Waals surface area contributed by atoms with Crippen LogP contribution < -0.4 is 5.32 Å². The Bertz CT molecular complexity index is 420. The molecule has 1 atom stereocenters. The summed E-state index contributed by atoms with van der Waals surface area (Å²) in [5, 5.41) is 3.35. The number of carbonyl (C=O) groups excluding carboxylic acids is 1. The molecule has 0 amide bonds. The number of sulfone groups is 1. The molecular formula is C13H25NO4S2. The highest BCUT2D eigenvalue weighted by Gasteiger charge is 2.39. The highest BCUT2D eigenvalue weighted by atomic mass is 32.2. The smallest absolute Gasteiger partial charge is 0.326 e. The first-order valence-electron chi connectivity index (χ1n) is 6.97. The van der Waals surface area contributed by atoms with E-state index in [0.717, 1.165) is 18.6 Å². The van der Waals surface area contributed by atoms with Crippen molar-refractivity contribution in [1.29, 1.82) is 0 Å². The Morgan fingerprint density at radius 3 is 2.55 bits per heavy atom. The third kappa shape index (κ3) is 6.95. The molecule has 1 unspecified atom stereocenters. The number of ether oxygens (including phenoxy) is 1. The molecule has 0 aromatic carbocycles. The van der Waals surface area contributed by atoms with Gasteiger partial charge in [-0.25, -0.2) is 8.42 Å². The van der Waals surface area contributed by atoms with Gasteiger partial charge in [-0.3, -0.25) is 10.1 Å². The average molecular weight is 323 g/mol. The first-order chi connectivity index (χ1) is 9.27. The second-order valence-electron chi connectivity index (χ2n) is 5.46. The van der Waals surface area contributed by atoms with E-state index in [1.54, 1.807) is 18.7 Å². The van der Waals surface area contributed by atoms with Gasteiger partial charge in [0.15, 0.2) is 0 Å². The SMILES string of the molecule is CCOC(=O)C(C)(CCSCCS(C)(=O)=O)NC1CC1. The molecule has 1 N–H and O–H groups in total. The van der Waals surface area contributed by atoms with Crippen LogP contribution in [0.2, 0.25) is 0 Å². The van der Waals surface area contributed by atoms with Crippen molar-refractivity contribution >= 4 is 27.6 Å². The van der Waals surface area contributed by atoms with Crippen LogP contribution in [0.3, 0.4) is 0 Å². The second kappa shape index (κ2) is 7.66. The predicted molar refractivity (Wildman–Crippen MR) is 82.8 cm³/mol. The van der Waals surface area contributed by atoms with Gasteiger partial charge in [0.25, 0.3) is 0 Å². The molecule has 0 aromatic rings. The van der Waals surface area contributed by atoms with E-state index >= 15 is 0 Å². The van der Waals surface area contributed by atoms with E-state index in [2.05, 4.69) is 5.32 Å². The van der Waals surface area contributed by atoms with E-state index in [9.17, 15) is 13.2 Å². The largest absolute Gasteiger partial charge is 0.465 e. The minimum atomic E-state index is -2.90. The number of esters is 1. The van der Waals surface area contributed by atoms with Crippen molar-refractivity contribution < 1.29 is 17.9 Å². The average Bonchev–Trinajstić information content (AvgIpc) is 3.11. The fraction of sp³-hybridized carbons (Fsp3) is 0.923. The molecular weight excluding hydrogens is 298 g/mol. The van der Waals surface area contributed by atoms with Gasteiger partial charge < -0.3 is 4.74 Å². The van der Waals surface area contributed by atoms with Crippen molar-refractivity contribution in [2.75, 3.05) is 30.1 Å². The van der Waals surface area contributed by atoms with Crippen LogP contribution in [0.25, 0.3) is 0 Å². The lowest BCUT2D eigenvalue weighted by Crippen LogP contribution is -2.52. The molecule has 0 aromatic heterocycles. The van der Waals surface area contributed by atoms with E-state index in [1.807, 2.05) is 6.92 Å². The van der Waals surface area contributed by atoms with Crippen molar-refractivity contribution in [2.24, 2.45) is 0 Å². The Morgan fingerprint density at radius 1 is 1.40 bits per heavy atom. The van der Waals surface area contributed by atoms with Crippen molar-refractivity contribution in [2.45, 2.75) is 44.7 Å². The van der Waals surface area contributed by atoms with Crippen LogP contribution in [0.4, 0.5) is 0 Å². The van der Waals surface area contributed by atoms with Gasteiger partial charge in [-0.15, -0.1) is 0 Å². The van der Waals surface area contributed by atoms with Gasteiger partial charge in [0, 0.05) is 18.1 Å². The quantitative estimate of drug-likeness (QED) is 0.481. The number of carbonyl (C=O) groups is 1. The maximum absolute atomic E-state index is 12.1. The van der Waals surface area contributed by atoms with E-state index in [0.29, 0.717) is 24.8 Å². The molecule has 1 aliphatic carbocycles. The van der Waals surface area contributed by atoms with E-state index < -0.39 is 15.4 Å². The van der Waals surface area contributed by atoms with Crippen LogP contribution in [-0.4, -0.2) is 56.1 Å². The molecule has 118 valence electrons. The fourth-order valence-electron chi connectivity index (χ4n) is 1.79. The Hall–Kier alpha value is -0.270. The predicted octanol–water partition coefficient (Wildman–Crippen LogP) is 1.23. The topological polar surface area (TPSA) is 72.5 Å². The summed E-state index contributed by atoms with van der Waals surface area (Å²) >= 11 is 1.56. The first-order valence-corrected chi connectivity index (χ1v) is 10.2. The molecule has 0 bridgehead atoms. The van der Waals surface area contributed by atoms with Gasteiger partial charge in [0.1, 0.15) is 15.4 Å². The van der Waals surface area contributed by atoms with Crippen LogP contribution >= 0.6 is 11.8 Å². The zero-order chi connectivity index (χ0) is 15.2. The summed E-state index contributed by atoms with van der Waals surface area (Å²) in [5.74, 6) is 1.28. The van der Waals surface area contributed by atoms with Crippen molar-refractivity contribution in [1.82, 2.24) is 5.32 Å². The van der Waals surface area contributed by atoms with Gasteiger partial charge in [-0.1, -0.05) is 0 Å². The third-order valence-corrected chi connectivity index (χ3v) is 5.36. The van der Waals surface area contributed by atoms with Crippen molar-refractivity contribution in [3.8, 4) is 0 Å². The highest BCUT2D eigenvalue weighted by Crippen LogP contribution is 2.26. The summed E-state index contributed by atoms with van der Waals surface area (Å²) in [7, 11) is -2.90. The lowest BCUT2D eigenvalue weighted by Gasteiger charge is -2.28. The summed E-state index contributed by atoms with van der Waals surface area (Å²) in [6.07, 6.45) is 4.11. The minimum Gasteiger partial charge on any atom is -0.465 e. The van der Waals surface area contributed by atoms with Crippen LogP contribution in [0, 0.1) is 0 Å². The van der Waals surface area contributed by atoms with E-state index in [4.69, 9.17) is 4.74 Å². The zero-order valence-corrected chi connectivity index (χ0v) is 14.1. The number of rotatable bonds is 10. The number of hydrogen-bond acceptors (Lipinski definition) is 6. The molecule has 20 heavy (non-hydrogen) atoms. The third-order valence-electron chi connectivity index (χ3n) is 3.17. The molecule has 1 saturated carbocycles. The fourth-order valence-corrected chi connectivity index (χ4v) is 4.23. The molecule has 7 heteroatoms. The van der Waals surface area contributed by atoms with Crippen LogP contribution in [0.1, 0.15) is 33.1 Å². The van der Waals surface area contributed by atoms with Gasteiger partial charge in [0.05, 0.1) is 12.4 Å². The molecule has 0 saturated heterocycles. The molecule has 0 aliphatic heterocycles. The zero-order valence-electron chi connectivity index (χ0n) is 12.5. The Morgan fingerprint density at radius 2 is 2.05 bits per heavy atom. The normalized spacial score (nSPS) is 18.6. The van der Waals surface area contributed by atoms with Crippen LogP contribution in [-0.2, 0) is 19.4 Å².